The van der Waals surface area contributed by atoms with E-state index in [1.54, 1.807) is 20.8 Å². The largest absolute Gasteiger partial charge is 0.444 e. The molecule has 3 unspecified atom stereocenters. The number of nitriles is 1. The summed E-state index contributed by atoms with van der Waals surface area (Å²) in [5, 5.41) is 15.3. The summed E-state index contributed by atoms with van der Waals surface area (Å²) in [6.07, 6.45) is -0.134. The van der Waals surface area contributed by atoms with Gasteiger partial charge in [0.2, 0.25) is 11.8 Å². The molecule has 3 atom stereocenters. The second-order valence-corrected chi connectivity index (χ2v) is 11.1. The summed E-state index contributed by atoms with van der Waals surface area (Å²) in [5.74, 6) is -1.17. The number of ether oxygens (including phenoxy) is 1. The minimum absolute atomic E-state index is 0.263. The van der Waals surface area contributed by atoms with E-state index < -0.39 is 41.1 Å². The van der Waals surface area contributed by atoms with Crippen LogP contribution in [0.15, 0.2) is 18.2 Å². The molecule has 0 spiro atoms. The van der Waals surface area contributed by atoms with Gasteiger partial charge >= 0.3 is 6.09 Å². The molecule has 8 heteroatoms. The Balaban J connectivity index is 3.60. The summed E-state index contributed by atoms with van der Waals surface area (Å²) in [6.45, 7) is 18.0. The molecule has 0 heterocycles. The lowest BCUT2D eigenvalue weighted by Crippen LogP contribution is -2.56. The first-order valence-electron chi connectivity index (χ1n) is 12.1. The van der Waals surface area contributed by atoms with Gasteiger partial charge in [0, 0.05) is 5.54 Å². The predicted octanol–water partition coefficient (Wildman–Crippen LogP) is 4.55. The first-order valence-corrected chi connectivity index (χ1v) is 12.1. The predicted molar refractivity (Wildman–Crippen MR) is 136 cm³/mol. The van der Waals surface area contributed by atoms with E-state index in [0.29, 0.717) is 12.0 Å². The molecule has 0 saturated carbocycles. The van der Waals surface area contributed by atoms with E-state index >= 15 is 0 Å². The number of aryl methyl sites for hydroxylation is 2. The van der Waals surface area contributed by atoms with E-state index in [2.05, 4.69) is 10.6 Å². The van der Waals surface area contributed by atoms with Gasteiger partial charge in [0.25, 0.3) is 0 Å². The second-order valence-electron chi connectivity index (χ2n) is 11.1. The van der Waals surface area contributed by atoms with Crippen LogP contribution in [0.3, 0.4) is 0 Å². The van der Waals surface area contributed by atoms with Crippen molar-refractivity contribution < 1.29 is 19.1 Å². The SMILES string of the molecule is CCC(C)C(NC(=O)OC(C)(C)C)C(=O)N(CC#N)C(C(=O)NC(C)(C)C)c1cc(C)ccc1C. The Morgan fingerprint density at radius 3 is 2.20 bits per heavy atom. The van der Waals surface area contributed by atoms with E-state index in [0.717, 1.165) is 11.1 Å². The van der Waals surface area contributed by atoms with Crippen LogP contribution in [0.1, 0.15) is 84.5 Å². The number of amides is 3. The second kappa shape index (κ2) is 12.1. The number of alkyl carbamates (subject to hydrolysis) is 1. The molecule has 0 radical (unpaired) electrons. The van der Waals surface area contributed by atoms with Crippen molar-refractivity contribution in [2.75, 3.05) is 6.54 Å². The van der Waals surface area contributed by atoms with Gasteiger partial charge in [-0.1, -0.05) is 44.0 Å². The first-order chi connectivity index (χ1) is 16.0. The monoisotopic (exact) mass is 486 g/mol. The lowest BCUT2D eigenvalue weighted by Gasteiger charge is -2.36. The Bertz CT molecular complexity index is 953. The van der Waals surface area contributed by atoms with Crippen LogP contribution in [0.25, 0.3) is 0 Å². The Morgan fingerprint density at radius 2 is 1.71 bits per heavy atom. The fraction of sp³-hybridized carbons (Fsp3) is 0.630. The fourth-order valence-corrected chi connectivity index (χ4v) is 3.61. The highest BCUT2D eigenvalue weighted by atomic mass is 16.6. The molecular weight excluding hydrogens is 444 g/mol. The number of carbonyl (C=O) groups excluding carboxylic acids is 3. The molecule has 0 fully saturated rings. The third kappa shape index (κ3) is 9.23. The fourth-order valence-electron chi connectivity index (χ4n) is 3.61. The van der Waals surface area contributed by atoms with Gasteiger partial charge in [-0.05, 0) is 72.4 Å². The van der Waals surface area contributed by atoms with E-state index in [1.807, 2.05) is 72.7 Å². The molecule has 2 N–H and O–H groups in total. The minimum Gasteiger partial charge on any atom is -0.444 e. The summed E-state index contributed by atoms with van der Waals surface area (Å²) < 4.78 is 5.38. The number of benzene rings is 1. The maximum absolute atomic E-state index is 13.9. The zero-order chi connectivity index (χ0) is 27.1. The van der Waals surface area contributed by atoms with E-state index in [9.17, 15) is 19.6 Å². The summed E-state index contributed by atoms with van der Waals surface area (Å²) in [6, 6.07) is 5.70. The van der Waals surface area contributed by atoms with Crippen molar-refractivity contribution in [1.82, 2.24) is 15.5 Å². The molecule has 3 amide bonds. The van der Waals surface area contributed by atoms with Crippen LogP contribution in [0, 0.1) is 31.1 Å². The number of nitrogens with zero attached hydrogens (tertiary/aromatic N) is 2. The van der Waals surface area contributed by atoms with Crippen molar-refractivity contribution in [2.24, 2.45) is 5.92 Å². The number of carbonyl (C=O) groups is 3. The highest BCUT2D eigenvalue weighted by Crippen LogP contribution is 2.28. The minimum atomic E-state index is -1.05. The molecule has 0 aliphatic heterocycles. The van der Waals surface area contributed by atoms with Crippen LogP contribution in [-0.2, 0) is 14.3 Å². The maximum atomic E-state index is 13.9. The molecule has 0 aliphatic carbocycles. The molecule has 0 saturated heterocycles. The molecule has 1 aromatic rings. The smallest absolute Gasteiger partial charge is 0.408 e. The standard InChI is InChI=1S/C27H42N4O4/c1-11-18(3)21(29-25(34)35-27(8,9)10)24(33)31(15-14-28)22(23(32)30-26(5,6)7)20-16-17(2)12-13-19(20)4/h12-13,16,18,21-22H,11,15H2,1-10H3,(H,29,34)(H,30,32). The summed E-state index contributed by atoms with van der Waals surface area (Å²) in [5.41, 5.74) is 1.08. The molecule has 0 aromatic heterocycles. The van der Waals surface area contributed by atoms with E-state index in [4.69, 9.17) is 4.74 Å². The zero-order valence-electron chi connectivity index (χ0n) is 22.9. The average molecular weight is 487 g/mol. The van der Waals surface area contributed by atoms with Crippen LogP contribution in [-0.4, -0.2) is 46.5 Å². The highest BCUT2D eigenvalue weighted by Gasteiger charge is 2.39. The first kappa shape index (κ1) is 30.0. The Kier molecular flexibility index (Phi) is 10.3. The molecule has 0 bridgehead atoms. The van der Waals surface area contributed by atoms with Gasteiger partial charge in [-0.25, -0.2) is 4.79 Å². The van der Waals surface area contributed by atoms with Gasteiger partial charge in [0.05, 0.1) is 6.07 Å². The lowest BCUT2D eigenvalue weighted by atomic mass is 9.93. The van der Waals surface area contributed by atoms with Crippen molar-refractivity contribution in [3.63, 3.8) is 0 Å². The molecule has 194 valence electrons. The van der Waals surface area contributed by atoms with Crippen molar-refractivity contribution >= 4 is 17.9 Å². The van der Waals surface area contributed by atoms with Gasteiger partial charge in [0.1, 0.15) is 24.2 Å². The molecule has 1 aromatic carbocycles. The Morgan fingerprint density at radius 1 is 1.11 bits per heavy atom. The Hall–Kier alpha value is -3.08. The van der Waals surface area contributed by atoms with E-state index in [1.165, 1.54) is 4.90 Å². The van der Waals surface area contributed by atoms with Crippen LogP contribution in [0.2, 0.25) is 0 Å². The van der Waals surface area contributed by atoms with E-state index in [-0.39, 0.29) is 12.5 Å². The van der Waals surface area contributed by atoms with Crippen LogP contribution in [0.4, 0.5) is 4.79 Å². The van der Waals surface area contributed by atoms with Crippen LogP contribution >= 0.6 is 0 Å². The lowest BCUT2D eigenvalue weighted by molar-refractivity contribution is -0.143. The number of hydrogen-bond acceptors (Lipinski definition) is 5. The van der Waals surface area contributed by atoms with Crippen molar-refractivity contribution in [3.8, 4) is 6.07 Å². The van der Waals surface area contributed by atoms with Crippen LogP contribution in [0.5, 0.6) is 0 Å². The van der Waals surface area contributed by atoms with Gasteiger partial charge in [-0.2, -0.15) is 5.26 Å². The number of rotatable bonds is 8. The quantitative estimate of drug-likeness (QED) is 0.524. The van der Waals surface area contributed by atoms with Gasteiger partial charge in [-0.3, -0.25) is 9.59 Å². The van der Waals surface area contributed by atoms with Gasteiger partial charge in [-0.15, -0.1) is 0 Å². The Labute approximate surface area is 210 Å². The molecule has 35 heavy (non-hydrogen) atoms. The normalized spacial score (nSPS) is 14.2. The van der Waals surface area contributed by atoms with Crippen molar-refractivity contribution in [2.45, 2.75) is 98.9 Å². The number of nitrogens with one attached hydrogen (secondary N) is 2. The molecule has 8 nitrogen and oxygen atoms in total. The summed E-state index contributed by atoms with van der Waals surface area (Å²) in [7, 11) is 0. The average Bonchev–Trinajstić information content (AvgIpc) is 2.70. The molecule has 0 aliphatic rings. The number of hydrogen-bond donors (Lipinski definition) is 2. The molecule has 1 rings (SSSR count). The summed E-state index contributed by atoms with van der Waals surface area (Å²) >= 11 is 0. The van der Waals surface area contributed by atoms with Gasteiger partial charge < -0.3 is 20.3 Å². The maximum Gasteiger partial charge on any atom is 0.408 e. The van der Waals surface area contributed by atoms with Crippen molar-refractivity contribution in [1.29, 1.82) is 5.26 Å². The highest BCUT2D eigenvalue weighted by molar-refractivity contribution is 5.93. The summed E-state index contributed by atoms with van der Waals surface area (Å²) in [4.78, 5) is 41.4. The zero-order valence-corrected chi connectivity index (χ0v) is 22.9. The van der Waals surface area contributed by atoms with Crippen LogP contribution < -0.4 is 10.6 Å². The third-order valence-electron chi connectivity index (χ3n) is 5.46. The van der Waals surface area contributed by atoms with Crippen molar-refractivity contribution in [3.05, 3.63) is 34.9 Å². The topological polar surface area (TPSA) is 112 Å². The van der Waals surface area contributed by atoms with Gasteiger partial charge in [0.15, 0.2) is 0 Å². The molecular formula is C27H42N4O4. The third-order valence-corrected chi connectivity index (χ3v) is 5.46.